The lowest BCUT2D eigenvalue weighted by atomic mass is 10.0. The third-order valence-electron chi connectivity index (χ3n) is 12.5. The fraction of sp³-hybridized carbons (Fsp3) is 0.640. The molecule has 1 aromatic carbocycles. The van der Waals surface area contributed by atoms with E-state index in [9.17, 15) is 63.9 Å². The van der Waals surface area contributed by atoms with Crippen LogP contribution in [0, 0.1) is 0 Å². The molecular formula is C50H77N11O16. The maximum Gasteiger partial charge on any atom is 0.373 e. The maximum absolute atomic E-state index is 12.4. The monoisotopic (exact) mass is 1090 g/mol. The number of amides is 3. The van der Waals surface area contributed by atoms with Crippen LogP contribution in [0.25, 0.3) is 0 Å². The molecule has 3 rings (SSSR count). The molecule has 1 fully saturated rings. The number of aliphatic carboxylic acids is 6. The van der Waals surface area contributed by atoms with Crippen molar-refractivity contribution in [2.75, 3.05) is 98.0 Å². The van der Waals surface area contributed by atoms with Gasteiger partial charge < -0.3 is 56.4 Å². The highest BCUT2D eigenvalue weighted by Gasteiger charge is 2.27. The molecule has 2 heterocycles. The molecule has 9 N–H and O–H groups in total. The lowest BCUT2D eigenvalue weighted by molar-refractivity contribution is -0.192. The number of nitrogens with one attached hydrogen (secondary N) is 3. The molecule has 1 unspecified atom stereocenters. The van der Waals surface area contributed by atoms with Crippen LogP contribution in [0.5, 0.6) is 0 Å². The zero-order valence-corrected chi connectivity index (χ0v) is 44.3. The molecule has 77 heavy (non-hydrogen) atoms. The predicted molar refractivity (Wildman–Crippen MR) is 275 cm³/mol. The molecule has 1 saturated heterocycles. The van der Waals surface area contributed by atoms with Crippen molar-refractivity contribution in [2.45, 2.75) is 114 Å². The summed E-state index contributed by atoms with van der Waals surface area (Å²) in [4.78, 5) is 133. The van der Waals surface area contributed by atoms with Gasteiger partial charge in [0.1, 0.15) is 23.7 Å². The van der Waals surface area contributed by atoms with Crippen LogP contribution in [0.3, 0.4) is 0 Å². The minimum Gasteiger partial charge on any atom is -0.481 e. The Bertz CT molecular complexity index is 2230. The number of rotatable bonds is 32. The van der Waals surface area contributed by atoms with Crippen molar-refractivity contribution in [1.82, 2.24) is 50.5 Å². The second-order valence-electron chi connectivity index (χ2n) is 19.1. The average molecular weight is 1090 g/mol. The van der Waals surface area contributed by atoms with E-state index < -0.39 is 60.4 Å². The number of urea groups is 1. The van der Waals surface area contributed by atoms with Crippen molar-refractivity contribution in [2.24, 2.45) is 0 Å². The predicted octanol–water partition coefficient (Wildman–Crippen LogP) is 0.591. The lowest BCUT2D eigenvalue weighted by Crippen LogP contribution is -2.52. The van der Waals surface area contributed by atoms with Crippen molar-refractivity contribution >= 4 is 59.9 Å². The summed E-state index contributed by atoms with van der Waals surface area (Å²) < 4.78 is 0. The first-order valence-electron chi connectivity index (χ1n) is 25.6. The number of hydrogen-bond acceptors (Lipinski definition) is 18. The van der Waals surface area contributed by atoms with Gasteiger partial charge in [0, 0.05) is 98.2 Å². The van der Waals surface area contributed by atoms with E-state index in [1.54, 1.807) is 9.80 Å². The number of benzene rings is 1. The number of likely N-dealkylation sites (N-methyl/N-ethyl adjacent to an activating group) is 1. The van der Waals surface area contributed by atoms with Gasteiger partial charge in [-0.05, 0) is 63.1 Å². The highest BCUT2D eigenvalue weighted by molar-refractivity contribution is 5.86. The van der Waals surface area contributed by atoms with Crippen LogP contribution in [-0.2, 0) is 62.4 Å². The van der Waals surface area contributed by atoms with Crippen molar-refractivity contribution in [1.29, 1.82) is 0 Å². The number of unbranched alkanes of at least 4 members (excludes halogenated alkanes) is 6. The number of carboxylic acids is 6. The number of anilines is 1. The van der Waals surface area contributed by atoms with Crippen LogP contribution >= 0.6 is 0 Å². The van der Waals surface area contributed by atoms with Gasteiger partial charge in [0.2, 0.25) is 11.9 Å². The summed E-state index contributed by atoms with van der Waals surface area (Å²) in [7, 11) is 5.68. The maximum atomic E-state index is 12.4. The Labute approximate surface area is 447 Å². The van der Waals surface area contributed by atoms with E-state index in [1.807, 2.05) is 55.2 Å². The lowest BCUT2D eigenvalue weighted by Gasteiger charge is -2.37. The first-order chi connectivity index (χ1) is 36.6. The first kappa shape index (κ1) is 65.9. The van der Waals surface area contributed by atoms with Crippen LogP contribution in [-0.4, -0.2) is 230 Å². The molecule has 2 aromatic rings. The van der Waals surface area contributed by atoms with E-state index in [1.165, 1.54) is 0 Å². The van der Waals surface area contributed by atoms with Gasteiger partial charge in [-0.1, -0.05) is 49.9 Å². The van der Waals surface area contributed by atoms with Gasteiger partial charge in [0.15, 0.2) is 0 Å². The minimum absolute atomic E-state index is 0.0379. The molecule has 0 bridgehead atoms. The van der Waals surface area contributed by atoms with Gasteiger partial charge in [0.05, 0.1) is 19.6 Å². The molecule has 3 atom stereocenters. The first-order valence-corrected chi connectivity index (χ1v) is 25.6. The highest BCUT2D eigenvalue weighted by atomic mass is 16.4. The normalized spacial score (nSPS) is 15.6. The highest BCUT2D eigenvalue weighted by Crippen LogP contribution is 2.17. The van der Waals surface area contributed by atoms with Gasteiger partial charge in [-0.25, -0.2) is 19.4 Å². The summed E-state index contributed by atoms with van der Waals surface area (Å²) >= 11 is 0. The molecule has 3 amide bonds. The number of nitrogens with zero attached hydrogens (tertiary/aromatic N) is 8. The molecule has 27 heteroatoms. The van der Waals surface area contributed by atoms with Crippen LogP contribution in [0.1, 0.15) is 99.8 Å². The fourth-order valence-electron chi connectivity index (χ4n) is 8.41. The van der Waals surface area contributed by atoms with E-state index in [0.29, 0.717) is 115 Å². The topological polar surface area (TPSA) is 383 Å². The Hall–Kier alpha value is -7.19. The molecule has 27 nitrogen and oxygen atoms in total. The van der Waals surface area contributed by atoms with E-state index in [2.05, 4.69) is 25.8 Å². The summed E-state index contributed by atoms with van der Waals surface area (Å²) in [5.41, 5.74) is 1.98. The Morgan fingerprint density at radius 2 is 1.14 bits per heavy atom. The van der Waals surface area contributed by atoms with Gasteiger partial charge in [0.25, 0.3) is 0 Å². The Balaban J connectivity index is 0.00000659. The molecule has 0 saturated carbocycles. The van der Waals surface area contributed by atoms with Crippen LogP contribution < -0.4 is 20.9 Å². The second kappa shape index (κ2) is 36.7. The van der Waals surface area contributed by atoms with Crippen molar-refractivity contribution in [3.63, 3.8) is 0 Å². The average Bonchev–Trinajstić information content (AvgIpc) is 3.34. The van der Waals surface area contributed by atoms with E-state index >= 15 is 0 Å². The molecule has 0 radical (unpaired) electrons. The number of hydrogen-bond donors (Lipinski definition) is 9. The van der Waals surface area contributed by atoms with Gasteiger partial charge in [-0.15, -0.1) is 0 Å². The standard InChI is InChI=1S/C49H77N11O14.CO2/c1-56(2)48-54-39(13-8-6-4-5-7-9-14-41(61)50-21-11-10-12-37(46(70)71)51-49(74)52-38(47(72)73)19-20-42(62)63)53-40(55-48)29-35-17-15-34(16-18-35)28-36-30-57(3)22-23-58(31-43(64)65)24-25-59(32-44(66)67)26-27-60(36)33-45(68)69;2-1-3/h15-18,36-38H,4-14,19-33H2,1-3H3,(H,50,61)(H,62,63)(H,64,65)(H,66,67)(H,68,69)(H,70,71)(H,72,73)(H2,51,52,74);/t36?,37-,38-;/m0./s1. The number of carbonyl (C=O) groups excluding carboxylic acids is 4. The molecule has 1 aliphatic heterocycles. The van der Waals surface area contributed by atoms with Gasteiger partial charge >= 0.3 is 48.0 Å². The summed E-state index contributed by atoms with van der Waals surface area (Å²) in [6.45, 7) is 2.51. The summed E-state index contributed by atoms with van der Waals surface area (Å²) in [6, 6.07) is 4.00. The smallest absolute Gasteiger partial charge is 0.373 e. The minimum atomic E-state index is -1.49. The zero-order valence-electron chi connectivity index (χ0n) is 44.3. The number of carbonyl (C=O) groups is 8. The van der Waals surface area contributed by atoms with Crippen LogP contribution in [0.2, 0.25) is 0 Å². The Morgan fingerprint density at radius 1 is 0.623 bits per heavy atom. The SMILES string of the molecule is CN1CCN(CC(=O)O)CCN(CC(=O)O)CCN(CC(=O)O)C(Cc2ccc(Cc3nc(CCCCCCCCC(=O)NCCCC[C@H](NC(=O)N[C@@H](CCC(=O)O)C(=O)O)C(=O)O)nc(N(C)C)n3)cc2)C1.O=C=O. The Morgan fingerprint density at radius 3 is 1.70 bits per heavy atom. The largest absolute Gasteiger partial charge is 0.481 e. The van der Waals surface area contributed by atoms with Crippen LogP contribution in [0.15, 0.2) is 24.3 Å². The van der Waals surface area contributed by atoms with E-state index in [0.717, 1.165) is 43.2 Å². The molecule has 1 aliphatic rings. The summed E-state index contributed by atoms with van der Waals surface area (Å²) in [5.74, 6) is -5.18. The van der Waals surface area contributed by atoms with Gasteiger partial charge in [-0.3, -0.25) is 38.7 Å². The number of aryl methyl sites for hydroxylation is 1. The quantitative estimate of drug-likeness (QED) is 0.0453. The van der Waals surface area contributed by atoms with E-state index in [-0.39, 0.29) is 50.6 Å². The Kier molecular flexibility index (Phi) is 31.4. The fourth-order valence-corrected chi connectivity index (χ4v) is 8.41. The van der Waals surface area contributed by atoms with Crippen LogP contribution in [0.4, 0.5) is 10.7 Å². The number of carboxylic acid groups (broad SMARTS) is 6. The molecule has 0 aliphatic carbocycles. The third kappa shape index (κ3) is 29.6. The number of aromatic nitrogens is 3. The third-order valence-corrected chi connectivity index (χ3v) is 12.5. The molecular weight excluding hydrogens is 1010 g/mol. The van der Waals surface area contributed by atoms with Crippen molar-refractivity contribution in [3.05, 3.63) is 47.0 Å². The second-order valence-corrected chi connectivity index (χ2v) is 19.1. The molecule has 428 valence electrons. The van der Waals surface area contributed by atoms with Crippen molar-refractivity contribution in [3.8, 4) is 0 Å². The summed E-state index contributed by atoms with van der Waals surface area (Å²) in [5, 5.41) is 63.6. The van der Waals surface area contributed by atoms with E-state index in [4.69, 9.17) is 24.7 Å². The molecule has 1 aromatic heterocycles. The molecule has 0 spiro atoms. The van der Waals surface area contributed by atoms with Crippen molar-refractivity contribution < 1.29 is 78.6 Å². The summed E-state index contributed by atoms with van der Waals surface area (Å²) in [6.07, 6.45) is 7.61. The zero-order chi connectivity index (χ0) is 57.3. The van der Waals surface area contributed by atoms with Gasteiger partial charge in [-0.2, -0.15) is 19.6 Å².